The molecule has 1 aliphatic heterocycles. The van der Waals surface area contributed by atoms with Crippen molar-refractivity contribution in [2.24, 2.45) is 11.8 Å². The van der Waals surface area contributed by atoms with Gasteiger partial charge < -0.3 is 4.90 Å². The van der Waals surface area contributed by atoms with Gasteiger partial charge in [0.15, 0.2) is 5.69 Å². The molecule has 0 aromatic carbocycles. The zero-order valence-corrected chi connectivity index (χ0v) is 13.3. The van der Waals surface area contributed by atoms with E-state index in [1.54, 1.807) is 11.8 Å². The number of alkyl halides is 3. The molecule has 2 heterocycles. The van der Waals surface area contributed by atoms with E-state index in [9.17, 15) is 18.0 Å². The van der Waals surface area contributed by atoms with E-state index in [0.717, 1.165) is 12.5 Å². The Hall–Kier alpha value is -1.53. The minimum Gasteiger partial charge on any atom is -0.340 e. The van der Waals surface area contributed by atoms with Crippen LogP contribution in [0.4, 0.5) is 13.2 Å². The molecule has 0 bridgehead atoms. The molecule has 2 rings (SSSR count). The maximum Gasteiger partial charge on any atom is 0.435 e. The Kier molecular flexibility index (Phi) is 4.54. The van der Waals surface area contributed by atoms with Gasteiger partial charge in [0, 0.05) is 18.8 Å². The van der Waals surface area contributed by atoms with Crippen molar-refractivity contribution in [1.82, 2.24) is 14.7 Å². The summed E-state index contributed by atoms with van der Waals surface area (Å²) in [5, 5.41) is 3.58. The largest absolute Gasteiger partial charge is 0.435 e. The fourth-order valence-electron chi connectivity index (χ4n) is 3.23. The Bertz CT molecular complexity index is 543. The minimum atomic E-state index is -4.49. The van der Waals surface area contributed by atoms with Gasteiger partial charge in [-0.25, -0.2) is 0 Å². The maximum atomic E-state index is 12.7. The third-order valence-corrected chi connectivity index (χ3v) is 4.12. The van der Waals surface area contributed by atoms with Gasteiger partial charge in [-0.3, -0.25) is 9.48 Å². The number of hydrogen-bond donors (Lipinski definition) is 0. The standard InChI is InChI=1S/C15H22F3N3O/c1-9-5-10(2)8-20(7-9)14(22)12(4)21-11(3)6-13(19-21)15(16,17)18/h6,9-10,12H,5,7-8H2,1-4H3/t9-,10-,12+/m0/s1. The summed E-state index contributed by atoms with van der Waals surface area (Å²) in [5.74, 6) is 0.645. The maximum absolute atomic E-state index is 12.7. The third-order valence-electron chi connectivity index (χ3n) is 4.12. The topological polar surface area (TPSA) is 38.1 Å². The van der Waals surface area contributed by atoms with E-state index >= 15 is 0 Å². The number of amides is 1. The Labute approximate surface area is 128 Å². The van der Waals surface area contributed by atoms with Crippen molar-refractivity contribution < 1.29 is 18.0 Å². The number of carbonyl (C=O) groups excluding carboxylic acids is 1. The van der Waals surface area contributed by atoms with Gasteiger partial charge in [-0.05, 0) is 38.2 Å². The number of likely N-dealkylation sites (tertiary alicyclic amines) is 1. The first kappa shape index (κ1) is 16.8. The van der Waals surface area contributed by atoms with Gasteiger partial charge in [-0.1, -0.05) is 13.8 Å². The summed E-state index contributed by atoms with van der Waals surface area (Å²) < 4.78 is 39.4. The fourth-order valence-corrected chi connectivity index (χ4v) is 3.23. The van der Waals surface area contributed by atoms with Crippen molar-refractivity contribution in [3.63, 3.8) is 0 Å². The molecule has 1 aliphatic rings. The van der Waals surface area contributed by atoms with Crippen LogP contribution in [0, 0.1) is 18.8 Å². The lowest BCUT2D eigenvalue weighted by atomic mass is 9.91. The van der Waals surface area contributed by atoms with E-state index < -0.39 is 17.9 Å². The van der Waals surface area contributed by atoms with Crippen molar-refractivity contribution in [1.29, 1.82) is 0 Å². The van der Waals surface area contributed by atoms with Crippen molar-refractivity contribution >= 4 is 5.91 Å². The van der Waals surface area contributed by atoms with Crippen LogP contribution >= 0.6 is 0 Å². The molecule has 1 aromatic rings. The SMILES string of the molecule is Cc1cc(C(F)(F)F)nn1[C@H](C)C(=O)N1C[C@@H](C)C[C@H](C)C1. The molecule has 1 saturated heterocycles. The van der Waals surface area contributed by atoms with Crippen LogP contribution in [0.3, 0.4) is 0 Å². The van der Waals surface area contributed by atoms with Crippen molar-refractivity contribution in [3.8, 4) is 0 Å². The lowest BCUT2D eigenvalue weighted by molar-refractivity contribution is -0.143. The zero-order chi connectivity index (χ0) is 16.7. The molecule has 1 aromatic heterocycles. The monoisotopic (exact) mass is 317 g/mol. The molecule has 0 aliphatic carbocycles. The van der Waals surface area contributed by atoms with E-state index in [4.69, 9.17) is 0 Å². The summed E-state index contributed by atoms with van der Waals surface area (Å²) >= 11 is 0. The molecule has 22 heavy (non-hydrogen) atoms. The molecule has 7 heteroatoms. The van der Waals surface area contributed by atoms with Crippen LogP contribution in [-0.2, 0) is 11.0 Å². The molecular weight excluding hydrogens is 295 g/mol. The fraction of sp³-hybridized carbons (Fsp3) is 0.733. The number of halogens is 3. The molecule has 3 atom stereocenters. The van der Waals surface area contributed by atoms with Crippen LogP contribution in [0.2, 0.25) is 0 Å². The van der Waals surface area contributed by atoms with Crippen LogP contribution in [0.5, 0.6) is 0 Å². The van der Waals surface area contributed by atoms with Crippen LogP contribution in [0.15, 0.2) is 6.07 Å². The Morgan fingerprint density at radius 3 is 2.32 bits per heavy atom. The second-order valence-electron chi connectivity index (χ2n) is 6.48. The van der Waals surface area contributed by atoms with Gasteiger partial charge >= 0.3 is 6.18 Å². The average molecular weight is 317 g/mol. The second kappa shape index (κ2) is 5.93. The summed E-state index contributed by atoms with van der Waals surface area (Å²) in [6.45, 7) is 8.61. The van der Waals surface area contributed by atoms with Crippen molar-refractivity contribution in [3.05, 3.63) is 17.5 Å². The molecule has 1 fully saturated rings. The predicted molar refractivity (Wildman–Crippen MR) is 76.2 cm³/mol. The Morgan fingerprint density at radius 1 is 1.32 bits per heavy atom. The van der Waals surface area contributed by atoms with Crippen LogP contribution in [0.25, 0.3) is 0 Å². The molecule has 124 valence electrons. The highest BCUT2D eigenvalue weighted by Gasteiger charge is 2.36. The first-order chi connectivity index (χ1) is 10.1. The zero-order valence-electron chi connectivity index (χ0n) is 13.3. The number of piperidine rings is 1. The number of nitrogens with zero attached hydrogens (tertiary/aromatic N) is 3. The molecule has 0 radical (unpaired) electrons. The number of rotatable bonds is 2. The van der Waals surface area contributed by atoms with Crippen LogP contribution in [-0.4, -0.2) is 33.7 Å². The highest BCUT2D eigenvalue weighted by Crippen LogP contribution is 2.30. The summed E-state index contributed by atoms with van der Waals surface area (Å²) in [5.41, 5.74) is -0.615. The lowest BCUT2D eigenvalue weighted by Crippen LogP contribution is -2.45. The van der Waals surface area contributed by atoms with E-state index in [2.05, 4.69) is 18.9 Å². The number of aryl methyl sites for hydroxylation is 1. The molecule has 0 unspecified atom stereocenters. The molecule has 0 spiro atoms. The number of carbonyl (C=O) groups is 1. The van der Waals surface area contributed by atoms with Crippen LogP contribution < -0.4 is 0 Å². The Balaban J connectivity index is 2.19. The first-order valence-electron chi connectivity index (χ1n) is 7.51. The van der Waals surface area contributed by atoms with E-state index in [-0.39, 0.29) is 5.91 Å². The summed E-state index contributed by atoms with van der Waals surface area (Å²) in [6, 6.07) is 0.249. The second-order valence-corrected chi connectivity index (χ2v) is 6.48. The quantitative estimate of drug-likeness (QED) is 0.839. The molecule has 0 saturated carbocycles. The summed E-state index contributed by atoms with van der Waals surface area (Å²) in [7, 11) is 0. The predicted octanol–water partition coefficient (Wildman–Crippen LogP) is 3.28. The molecule has 4 nitrogen and oxygen atoms in total. The van der Waals surface area contributed by atoms with Gasteiger partial charge in [0.1, 0.15) is 6.04 Å². The minimum absolute atomic E-state index is 0.168. The van der Waals surface area contributed by atoms with E-state index in [1.165, 1.54) is 11.6 Å². The first-order valence-corrected chi connectivity index (χ1v) is 7.51. The number of hydrogen-bond acceptors (Lipinski definition) is 2. The lowest BCUT2D eigenvalue weighted by Gasteiger charge is -2.36. The molecule has 0 N–H and O–H groups in total. The molecular formula is C15H22F3N3O. The average Bonchev–Trinajstić information content (AvgIpc) is 2.78. The summed E-state index contributed by atoms with van der Waals surface area (Å²) in [4.78, 5) is 14.3. The van der Waals surface area contributed by atoms with Gasteiger partial charge in [-0.15, -0.1) is 0 Å². The van der Waals surface area contributed by atoms with Gasteiger partial charge in [0.2, 0.25) is 5.91 Å². The smallest absolute Gasteiger partial charge is 0.340 e. The van der Waals surface area contributed by atoms with Crippen LogP contribution in [0.1, 0.15) is 44.6 Å². The van der Waals surface area contributed by atoms with Crippen molar-refractivity contribution in [2.75, 3.05) is 13.1 Å². The van der Waals surface area contributed by atoms with Gasteiger partial charge in [-0.2, -0.15) is 18.3 Å². The Morgan fingerprint density at radius 2 is 1.86 bits per heavy atom. The van der Waals surface area contributed by atoms with Gasteiger partial charge in [0.25, 0.3) is 0 Å². The third kappa shape index (κ3) is 3.44. The normalized spacial score (nSPS) is 24.4. The summed E-state index contributed by atoms with van der Waals surface area (Å²) in [6.07, 6.45) is -3.43. The van der Waals surface area contributed by atoms with Crippen molar-refractivity contribution in [2.45, 2.75) is 46.3 Å². The molecule has 1 amide bonds. The highest BCUT2D eigenvalue weighted by atomic mass is 19.4. The van der Waals surface area contributed by atoms with E-state index in [1.807, 2.05) is 0 Å². The highest BCUT2D eigenvalue weighted by molar-refractivity contribution is 5.80. The van der Waals surface area contributed by atoms with E-state index in [0.29, 0.717) is 30.6 Å². The number of aromatic nitrogens is 2. The van der Waals surface area contributed by atoms with Gasteiger partial charge in [0.05, 0.1) is 0 Å².